The van der Waals surface area contributed by atoms with Crippen molar-refractivity contribution in [1.29, 1.82) is 0 Å². The number of hydrogen-bond donors (Lipinski definition) is 0. The molecule has 8 nitrogen and oxygen atoms in total. The first kappa shape index (κ1) is 23.2. The number of ether oxygens (including phenoxy) is 2. The molecule has 2 aromatic carbocycles. The maximum atomic E-state index is 14.9. The molecule has 1 saturated heterocycles. The molecular formula is C25H25FN4O4. The summed E-state index contributed by atoms with van der Waals surface area (Å²) in [5, 5.41) is 0. The van der Waals surface area contributed by atoms with Gasteiger partial charge in [-0.2, -0.15) is 0 Å². The average Bonchev–Trinajstić information content (AvgIpc) is 2.89. The van der Waals surface area contributed by atoms with Crippen molar-refractivity contribution in [3.05, 3.63) is 78.5 Å². The Morgan fingerprint density at radius 1 is 1.09 bits per heavy atom. The van der Waals surface area contributed by atoms with Crippen molar-refractivity contribution in [2.45, 2.75) is 19.4 Å². The molecule has 4 rings (SSSR count). The van der Waals surface area contributed by atoms with Crippen LogP contribution < -0.4 is 9.64 Å². The van der Waals surface area contributed by atoms with E-state index < -0.39 is 17.8 Å². The number of benzene rings is 2. The molecule has 0 unspecified atom stereocenters. The van der Waals surface area contributed by atoms with Crippen LogP contribution in [-0.2, 0) is 16.1 Å². The number of piperidine rings is 1. The standard InChI is InChI=1S/C25H25FN4O4/c1-33-21-9-5-8-20(26)23(21)30(22-10-13-27-17-28-22)24(31)19-11-14-29(15-12-19)25(32)34-16-18-6-3-2-4-7-18/h2-10,13,17,19H,11-12,14-16H2,1H3. The third kappa shape index (κ3) is 5.14. The van der Waals surface area contributed by atoms with Crippen molar-refractivity contribution in [3.63, 3.8) is 0 Å². The van der Waals surface area contributed by atoms with Gasteiger partial charge in [0.25, 0.3) is 0 Å². The minimum absolute atomic E-state index is 0.00148. The lowest BCUT2D eigenvalue weighted by Crippen LogP contribution is -2.44. The van der Waals surface area contributed by atoms with Crippen LogP contribution in [0.1, 0.15) is 18.4 Å². The summed E-state index contributed by atoms with van der Waals surface area (Å²) in [4.78, 5) is 37.0. The van der Waals surface area contributed by atoms with E-state index in [4.69, 9.17) is 9.47 Å². The summed E-state index contributed by atoms with van der Waals surface area (Å²) in [6.45, 7) is 0.902. The van der Waals surface area contributed by atoms with Crippen LogP contribution in [0.15, 0.2) is 67.1 Å². The Balaban J connectivity index is 1.47. The molecule has 3 aromatic rings. The molecule has 176 valence electrons. The van der Waals surface area contributed by atoms with Crippen LogP contribution in [0.4, 0.5) is 20.7 Å². The van der Waals surface area contributed by atoms with Crippen molar-refractivity contribution < 1.29 is 23.5 Å². The topological polar surface area (TPSA) is 84.9 Å². The highest BCUT2D eigenvalue weighted by Gasteiger charge is 2.34. The zero-order chi connectivity index (χ0) is 23.9. The van der Waals surface area contributed by atoms with E-state index in [0.717, 1.165) is 5.56 Å². The van der Waals surface area contributed by atoms with Crippen molar-refractivity contribution in [3.8, 4) is 5.75 Å². The molecule has 2 amide bonds. The monoisotopic (exact) mass is 464 g/mol. The summed E-state index contributed by atoms with van der Waals surface area (Å²) < 4.78 is 25.6. The summed E-state index contributed by atoms with van der Waals surface area (Å²) >= 11 is 0. The Kier molecular flexibility index (Phi) is 7.31. The minimum Gasteiger partial charge on any atom is -0.494 e. The van der Waals surface area contributed by atoms with E-state index in [2.05, 4.69) is 9.97 Å². The van der Waals surface area contributed by atoms with Crippen LogP contribution in [0, 0.1) is 11.7 Å². The number of anilines is 2. The molecule has 0 aliphatic carbocycles. The molecule has 1 fully saturated rings. The Morgan fingerprint density at radius 2 is 1.85 bits per heavy atom. The number of rotatable bonds is 6. The Hall–Kier alpha value is -4.01. The van der Waals surface area contributed by atoms with Crippen LogP contribution in [-0.4, -0.2) is 47.1 Å². The van der Waals surface area contributed by atoms with Crippen LogP contribution in [0.5, 0.6) is 5.75 Å². The number of halogens is 1. The van der Waals surface area contributed by atoms with Crippen LogP contribution in [0.25, 0.3) is 0 Å². The molecule has 0 saturated carbocycles. The summed E-state index contributed by atoms with van der Waals surface area (Å²) in [5.74, 6) is -0.896. The molecule has 1 aliphatic heterocycles. The number of aromatic nitrogens is 2. The number of amides is 2. The van der Waals surface area contributed by atoms with Crippen molar-refractivity contribution >= 4 is 23.5 Å². The summed E-state index contributed by atoms with van der Waals surface area (Å²) in [6, 6.07) is 15.3. The van der Waals surface area contributed by atoms with E-state index in [0.29, 0.717) is 25.9 Å². The van der Waals surface area contributed by atoms with Gasteiger partial charge in [0.15, 0.2) is 5.82 Å². The lowest BCUT2D eigenvalue weighted by atomic mass is 9.95. The molecule has 2 heterocycles. The number of methoxy groups -OCH3 is 1. The third-order valence-corrected chi connectivity index (χ3v) is 5.72. The predicted octanol–water partition coefficient (Wildman–Crippen LogP) is 4.34. The predicted molar refractivity (Wildman–Crippen MR) is 123 cm³/mol. The third-order valence-electron chi connectivity index (χ3n) is 5.72. The fourth-order valence-electron chi connectivity index (χ4n) is 3.93. The van der Waals surface area contributed by atoms with Gasteiger partial charge in [-0.25, -0.2) is 19.2 Å². The van der Waals surface area contributed by atoms with Gasteiger partial charge in [0.2, 0.25) is 5.91 Å². The fourth-order valence-corrected chi connectivity index (χ4v) is 3.93. The van der Waals surface area contributed by atoms with Crippen LogP contribution >= 0.6 is 0 Å². The molecular weight excluding hydrogens is 439 g/mol. The van der Waals surface area contributed by atoms with Gasteiger partial charge in [0, 0.05) is 25.2 Å². The fraction of sp³-hybridized carbons (Fsp3) is 0.280. The van der Waals surface area contributed by atoms with E-state index in [1.165, 1.54) is 36.7 Å². The summed E-state index contributed by atoms with van der Waals surface area (Å²) in [7, 11) is 1.42. The van der Waals surface area contributed by atoms with Crippen molar-refractivity contribution in [2.24, 2.45) is 5.92 Å². The Labute approximate surface area is 196 Å². The summed E-state index contributed by atoms with van der Waals surface area (Å²) in [5.41, 5.74) is 0.902. The van der Waals surface area contributed by atoms with Crippen LogP contribution in [0.2, 0.25) is 0 Å². The van der Waals surface area contributed by atoms with Gasteiger partial charge in [0.05, 0.1) is 7.11 Å². The first-order valence-electron chi connectivity index (χ1n) is 11.0. The SMILES string of the molecule is COc1cccc(F)c1N(C(=O)C1CCN(C(=O)OCc2ccccc2)CC1)c1ccncn1. The van der Waals surface area contributed by atoms with Crippen molar-refractivity contribution in [2.75, 3.05) is 25.1 Å². The molecule has 0 spiro atoms. The molecule has 0 atom stereocenters. The van der Waals surface area contributed by atoms with Gasteiger partial charge in [-0.3, -0.25) is 9.69 Å². The van der Waals surface area contributed by atoms with E-state index in [-0.39, 0.29) is 29.8 Å². The second-order valence-corrected chi connectivity index (χ2v) is 7.83. The molecule has 1 aromatic heterocycles. The maximum Gasteiger partial charge on any atom is 0.410 e. The quantitative estimate of drug-likeness (QED) is 0.540. The lowest BCUT2D eigenvalue weighted by Gasteiger charge is -2.33. The Bertz CT molecular complexity index is 1120. The highest BCUT2D eigenvalue weighted by Crippen LogP contribution is 2.37. The molecule has 9 heteroatoms. The van der Waals surface area contributed by atoms with Gasteiger partial charge < -0.3 is 14.4 Å². The van der Waals surface area contributed by atoms with Crippen molar-refractivity contribution in [1.82, 2.24) is 14.9 Å². The van der Waals surface area contributed by atoms with Gasteiger partial charge in [-0.1, -0.05) is 36.4 Å². The van der Waals surface area contributed by atoms with E-state index in [1.807, 2.05) is 30.3 Å². The molecule has 1 aliphatic rings. The zero-order valence-corrected chi connectivity index (χ0v) is 18.8. The van der Waals surface area contributed by atoms with Crippen LogP contribution in [0.3, 0.4) is 0 Å². The number of hydrogen-bond acceptors (Lipinski definition) is 6. The number of likely N-dealkylation sites (tertiary alicyclic amines) is 1. The summed E-state index contributed by atoms with van der Waals surface area (Å²) in [6.07, 6.45) is 3.20. The van der Waals surface area contributed by atoms with E-state index >= 15 is 0 Å². The number of carbonyl (C=O) groups excluding carboxylic acids is 2. The van der Waals surface area contributed by atoms with Gasteiger partial charge in [0.1, 0.15) is 30.2 Å². The highest BCUT2D eigenvalue weighted by atomic mass is 19.1. The van der Waals surface area contributed by atoms with Gasteiger partial charge in [-0.15, -0.1) is 0 Å². The number of para-hydroxylation sites is 1. The number of carbonyl (C=O) groups is 2. The van der Waals surface area contributed by atoms with E-state index in [9.17, 15) is 14.0 Å². The minimum atomic E-state index is -0.603. The normalized spacial score (nSPS) is 13.9. The zero-order valence-electron chi connectivity index (χ0n) is 18.8. The number of nitrogens with zero attached hydrogens (tertiary/aromatic N) is 4. The maximum absolute atomic E-state index is 14.9. The Morgan fingerprint density at radius 3 is 2.53 bits per heavy atom. The molecule has 34 heavy (non-hydrogen) atoms. The first-order valence-corrected chi connectivity index (χ1v) is 11.0. The molecule has 0 bridgehead atoms. The highest BCUT2D eigenvalue weighted by molar-refractivity contribution is 6.02. The molecule has 0 N–H and O–H groups in total. The largest absolute Gasteiger partial charge is 0.494 e. The second-order valence-electron chi connectivity index (χ2n) is 7.83. The van der Waals surface area contributed by atoms with E-state index in [1.54, 1.807) is 17.0 Å². The van der Waals surface area contributed by atoms with Gasteiger partial charge >= 0.3 is 6.09 Å². The smallest absolute Gasteiger partial charge is 0.410 e. The lowest BCUT2D eigenvalue weighted by molar-refractivity contribution is -0.123. The first-order chi connectivity index (χ1) is 16.6. The second kappa shape index (κ2) is 10.7. The average molecular weight is 464 g/mol. The molecule has 0 radical (unpaired) electrons. The van der Waals surface area contributed by atoms with Gasteiger partial charge in [-0.05, 0) is 36.6 Å².